The van der Waals surface area contributed by atoms with Crippen molar-refractivity contribution in [3.8, 4) is 17.2 Å². The average molecular weight is 413 g/mol. The lowest BCUT2D eigenvalue weighted by Crippen LogP contribution is -2.32. The van der Waals surface area contributed by atoms with E-state index in [1.54, 1.807) is 21.3 Å². The topological polar surface area (TPSA) is 43.0 Å². The highest BCUT2D eigenvalue weighted by atomic mass is 32.1. The van der Waals surface area contributed by atoms with Gasteiger partial charge < -0.3 is 19.5 Å². The van der Waals surface area contributed by atoms with Crippen LogP contribution in [0.2, 0.25) is 0 Å². The van der Waals surface area contributed by atoms with E-state index in [1.807, 2.05) is 11.3 Å². The minimum absolute atomic E-state index is 0.140. The minimum atomic E-state index is 0.140. The molecule has 1 aliphatic rings. The Morgan fingerprint density at radius 3 is 2.38 bits per heavy atom. The Morgan fingerprint density at radius 1 is 0.931 bits per heavy atom. The standard InChI is InChI=1S/C23H28N2O3S/c1-26-18-13-17(14-19(27-2)23(18)28-3)22(25-11-6-9-24-10-12-25)21-15-16-7-4-5-8-20(16)29-21/h4-5,7-8,13-15,22,24H,6,9-12H2,1-3H3. The van der Waals surface area contributed by atoms with Gasteiger partial charge in [-0.15, -0.1) is 11.3 Å². The molecule has 154 valence electrons. The highest BCUT2D eigenvalue weighted by Gasteiger charge is 2.27. The molecule has 1 unspecified atom stereocenters. The van der Waals surface area contributed by atoms with Crippen molar-refractivity contribution in [1.29, 1.82) is 0 Å². The van der Waals surface area contributed by atoms with E-state index in [4.69, 9.17) is 14.2 Å². The summed E-state index contributed by atoms with van der Waals surface area (Å²) >= 11 is 1.86. The van der Waals surface area contributed by atoms with Crippen molar-refractivity contribution in [3.63, 3.8) is 0 Å². The molecule has 2 aromatic carbocycles. The summed E-state index contributed by atoms with van der Waals surface area (Å²) in [6.45, 7) is 4.09. The van der Waals surface area contributed by atoms with Crippen LogP contribution < -0.4 is 19.5 Å². The molecule has 4 rings (SSSR count). The second-order valence-electron chi connectivity index (χ2n) is 7.19. The van der Waals surface area contributed by atoms with Crippen LogP contribution in [0.3, 0.4) is 0 Å². The third-order valence-electron chi connectivity index (χ3n) is 5.46. The molecule has 1 fully saturated rings. The molecule has 1 aromatic heterocycles. The van der Waals surface area contributed by atoms with E-state index in [0.29, 0.717) is 17.2 Å². The zero-order valence-electron chi connectivity index (χ0n) is 17.2. The zero-order chi connectivity index (χ0) is 20.2. The van der Waals surface area contributed by atoms with Crippen LogP contribution >= 0.6 is 11.3 Å². The highest BCUT2D eigenvalue weighted by Crippen LogP contribution is 2.44. The maximum Gasteiger partial charge on any atom is 0.203 e. The summed E-state index contributed by atoms with van der Waals surface area (Å²) in [6.07, 6.45) is 1.13. The number of fused-ring (bicyclic) bond motifs is 1. The van der Waals surface area contributed by atoms with Crippen molar-refractivity contribution >= 4 is 21.4 Å². The molecule has 0 saturated carbocycles. The molecule has 5 nitrogen and oxygen atoms in total. The maximum atomic E-state index is 5.64. The van der Waals surface area contributed by atoms with Gasteiger partial charge in [-0.3, -0.25) is 4.90 Å². The third-order valence-corrected chi connectivity index (χ3v) is 6.63. The first kappa shape index (κ1) is 20.0. The van der Waals surface area contributed by atoms with E-state index in [-0.39, 0.29) is 6.04 Å². The van der Waals surface area contributed by atoms with Gasteiger partial charge in [0.05, 0.1) is 27.4 Å². The van der Waals surface area contributed by atoms with Crippen molar-refractivity contribution in [2.24, 2.45) is 0 Å². The number of benzene rings is 2. The number of thiophene rings is 1. The Hall–Kier alpha value is -2.28. The van der Waals surface area contributed by atoms with E-state index in [1.165, 1.54) is 15.0 Å². The van der Waals surface area contributed by atoms with Gasteiger partial charge in [0, 0.05) is 29.2 Å². The molecule has 0 spiro atoms. The van der Waals surface area contributed by atoms with E-state index in [9.17, 15) is 0 Å². The molecule has 3 aromatic rings. The third kappa shape index (κ3) is 4.06. The van der Waals surface area contributed by atoms with Gasteiger partial charge in [0.2, 0.25) is 5.75 Å². The van der Waals surface area contributed by atoms with E-state index < -0.39 is 0 Å². The maximum absolute atomic E-state index is 5.64. The number of hydrogen-bond donors (Lipinski definition) is 1. The number of methoxy groups -OCH3 is 3. The van der Waals surface area contributed by atoms with Crippen LogP contribution in [0.1, 0.15) is 22.9 Å². The van der Waals surface area contributed by atoms with Gasteiger partial charge in [-0.1, -0.05) is 18.2 Å². The second-order valence-corrected chi connectivity index (χ2v) is 8.30. The normalized spacial score (nSPS) is 16.4. The van der Waals surface area contributed by atoms with Gasteiger partial charge in [-0.25, -0.2) is 0 Å². The lowest BCUT2D eigenvalue weighted by atomic mass is 10.0. The van der Waals surface area contributed by atoms with Crippen molar-refractivity contribution in [2.45, 2.75) is 12.5 Å². The van der Waals surface area contributed by atoms with Crippen LogP contribution in [0.5, 0.6) is 17.2 Å². The molecule has 1 atom stereocenters. The molecule has 0 aliphatic carbocycles. The fourth-order valence-corrected chi connectivity index (χ4v) is 5.30. The summed E-state index contributed by atoms with van der Waals surface area (Å²) in [5.41, 5.74) is 1.16. The minimum Gasteiger partial charge on any atom is -0.493 e. The number of nitrogens with one attached hydrogen (secondary N) is 1. The smallest absolute Gasteiger partial charge is 0.203 e. The molecule has 1 N–H and O–H groups in total. The molecule has 0 bridgehead atoms. The highest BCUT2D eigenvalue weighted by molar-refractivity contribution is 7.19. The lowest BCUT2D eigenvalue weighted by molar-refractivity contribution is 0.242. The summed E-state index contributed by atoms with van der Waals surface area (Å²) in [4.78, 5) is 3.90. The molecular formula is C23H28N2O3S. The first-order valence-corrected chi connectivity index (χ1v) is 10.8. The van der Waals surface area contributed by atoms with Crippen molar-refractivity contribution in [2.75, 3.05) is 47.5 Å². The van der Waals surface area contributed by atoms with Gasteiger partial charge in [-0.05, 0) is 48.2 Å². The Labute approximate surface area is 176 Å². The van der Waals surface area contributed by atoms with Crippen LogP contribution in [-0.4, -0.2) is 52.4 Å². The predicted octanol–water partition coefficient (Wildman–Crippen LogP) is 4.31. The van der Waals surface area contributed by atoms with Crippen LogP contribution in [-0.2, 0) is 0 Å². The number of ether oxygens (including phenoxy) is 3. The summed E-state index contributed by atoms with van der Waals surface area (Å²) < 4.78 is 18.1. The van der Waals surface area contributed by atoms with Gasteiger partial charge in [0.1, 0.15) is 0 Å². The molecular weight excluding hydrogens is 384 g/mol. The monoisotopic (exact) mass is 412 g/mol. The van der Waals surface area contributed by atoms with E-state index in [0.717, 1.165) is 38.2 Å². The van der Waals surface area contributed by atoms with Crippen molar-refractivity contribution in [1.82, 2.24) is 10.2 Å². The lowest BCUT2D eigenvalue weighted by Gasteiger charge is -2.31. The van der Waals surface area contributed by atoms with Gasteiger partial charge in [0.15, 0.2) is 11.5 Å². The molecule has 1 saturated heterocycles. The Balaban J connectivity index is 1.85. The number of nitrogens with zero attached hydrogens (tertiary/aromatic N) is 1. The van der Waals surface area contributed by atoms with Gasteiger partial charge in [-0.2, -0.15) is 0 Å². The fourth-order valence-electron chi connectivity index (χ4n) is 4.08. The fraction of sp³-hybridized carbons (Fsp3) is 0.391. The number of rotatable bonds is 6. The first-order chi connectivity index (χ1) is 14.2. The van der Waals surface area contributed by atoms with E-state index in [2.05, 4.69) is 52.7 Å². The Morgan fingerprint density at radius 2 is 1.69 bits per heavy atom. The summed E-state index contributed by atoms with van der Waals surface area (Å²) in [5, 5.41) is 4.81. The van der Waals surface area contributed by atoms with Crippen LogP contribution in [0.15, 0.2) is 42.5 Å². The second kappa shape index (κ2) is 9.03. The predicted molar refractivity (Wildman–Crippen MR) is 119 cm³/mol. The van der Waals surface area contributed by atoms with E-state index >= 15 is 0 Å². The molecule has 0 radical (unpaired) electrons. The van der Waals surface area contributed by atoms with Gasteiger partial charge >= 0.3 is 0 Å². The largest absolute Gasteiger partial charge is 0.493 e. The number of hydrogen-bond acceptors (Lipinski definition) is 6. The molecule has 2 heterocycles. The van der Waals surface area contributed by atoms with Crippen LogP contribution in [0, 0.1) is 0 Å². The SMILES string of the molecule is COc1cc(C(c2cc3ccccc3s2)N2CCCNCC2)cc(OC)c1OC. The summed E-state index contributed by atoms with van der Waals surface area (Å²) in [7, 11) is 4.99. The molecule has 0 amide bonds. The average Bonchev–Trinajstić information content (AvgIpc) is 3.00. The zero-order valence-corrected chi connectivity index (χ0v) is 18.1. The van der Waals surface area contributed by atoms with Crippen LogP contribution in [0.4, 0.5) is 0 Å². The summed E-state index contributed by atoms with van der Waals surface area (Å²) in [5.74, 6) is 2.02. The van der Waals surface area contributed by atoms with Crippen molar-refractivity contribution < 1.29 is 14.2 Å². The Kier molecular flexibility index (Phi) is 6.23. The van der Waals surface area contributed by atoms with Crippen molar-refractivity contribution in [3.05, 3.63) is 52.9 Å². The summed E-state index contributed by atoms with van der Waals surface area (Å²) in [6, 6.07) is 15.2. The quantitative estimate of drug-likeness (QED) is 0.653. The Bertz CT molecular complexity index is 906. The first-order valence-electron chi connectivity index (χ1n) is 9.98. The van der Waals surface area contributed by atoms with Gasteiger partial charge in [0.25, 0.3) is 0 Å². The molecule has 6 heteroatoms. The molecule has 29 heavy (non-hydrogen) atoms. The molecule has 1 aliphatic heterocycles. The van der Waals surface area contributed by atoms with Crippen LogP contribution in [0.25, 0.3) is 10.1 Å².